The summed E-state index contributed by atoms with van der Waals surface area (Å²) in [7, 11) is 0. The molecule has 0 heterocycles. The molecule has 4 nitrogen and oxygen atoms in total. The maximum atomic E-state index is 10.4. The molecule has 0 saturated carbocycles. The molecule has 0 saturated heterocycles. The van der Waals surface area contributed by atoms with Crippen molar-refractivity contribution >= 4 is 5.97 Å². The molecule has 82 valence electrons. The normalized spacial score (nSPS) is 11.9. The summed E-state index contributed by atoms with van der Waals surface area (Å²) < 4.78 is 0. The number of rotatable bonds is 7. The smallest absolute Gasteiger partial charge is 0.332 e. The molecule has 2 N–H and O–H groups in total. The van der Waals surface area contributed by atoms with Crippen molar-refractivity contribution in [1.82, 2.24) is 10.2 Å². The van der Waals surface area contributed by atoms with Crippen LogP contribution >= 0.6 is 0 Å². The topological polar surface area (TPSA) is 52.6 Å². The zero-order valence-electron chi connectivity index (χ0n) is 9.21. The van der Waals surface area contributed by atoms with Gasteiger partial charge < -0.3 is 15.3 Å². The Morgan fingerprint density at radius 3 is 2.43 bits per heavy atom. The summed E-state index contributed by atoms with van der Waals surface area (Å²) in [6.07, 6.45) is 1.55. The average Bonchev–Trinajstić information content (AvgIpc) is 2.17. The van der Waals surface area contributed by atoms with Crippen LogP contribution in [0, 0.1) is 0 Å². The standard InChI is InChI=1S/C10H20N2O2/c1-4-12(5-2)7-6-11-8-9(3)10(13)14/h8,11H,4-7H2,1-3H3,(H,13,14). The Kier molecular flexibility index (Phi) is 6.84. The van der Waals surface area contributed by atoms with Gasteiger partial charge in [-0.3, -0.25) is 0 Å². The molecule has 0 unspecified atom stereocenters. The maximum Gasteiger partial charge on any atom is 0.332 e. The van der Waals surface area contributed by atoms with E-state index in [9.17, 15) is 4.79 Å². The van der Waals surface area contributed by atoms with Gasteiger partial charge in [-0.1, -0.05) is 13.8 Å². The van der Waals surface area contributed by atoms with Gasteiger partial charge in [0.15, 0.2) is 0 Å². The van der Waals surface area contributed by atoms with Gasteiger partial charge in [-0.2, -0.15) is 0 Å². The lowest BCUT2D eigenvalue weighted by atomic mass is 10.3. The van der Waals surface area contributed by atoms with Gasteiger partial charge in [-0.05, 0) is 20.0 Å². The van der Waals surface area contributed by atoms with Gasteiger partial charge in [0.05, 0.1) is 0 Å². The first-order chi connectivity index (χ1) is 6.61. The number of carboxylic acid groups (broad SMARTS) is 1. The third kappa shape index (κ3) is 5.59. The number of hydrogen-bond acceptors (Lipinski definition) is 3. The number of nitrogens with one attached hydrogen (secondary N) is 1. The van der Waals surface area contributed by atoms with Gasteiger partial charge in [0.2, 0.25) is 0 Å². The lowest BCUT2D eigenvalue weighted by Gasteiger charge is -2.17. The van der Waals surface area contributed by atoms with E-state index in [1.54, 1.807) is 13.1 Å². The SMILES string of the molecule is CCN(CC)CCNC=C(C)C(=O)O. The second kappa shape index (κ2) is 7.38. The van der Waals surface area contributed by atoms with E-state index in [0.29, 0.717) is 5.57 Å². The van der Waals surface area contributed by atoms with Crippen molar-refractivity contribution in [1.29, 1.82) is 0 Å². The van der Waals surface area contributed by atoms with Crippen LogP contribution in [0.5, 0.6) is 0 Å². The summed E-state index contributed by atoms with van der Waals surface area (Å²) in [5, 5.41) is 11.5. The lowest BCUT2D eigenvalue weighted by molar-refractivity contribution is -0.132. The molecule has 0 fully saturated rings. The van der Waals surface area contributed by atoms with E-state index in [0.717, 1.165) is 26.2 Å². The number of aliphatic carboxylic acids is 1. The summed E-state index contributed by atoms with van der Waals surface area (Å²) in [6, 6.07) is 0. The molecule has 0 aromatic heterocycles. The van der Waals surface area contributed by atoms with Gasteiger partial charge >= 0.3 is 5.97 Å². The Morgan fingerprint density at radius 1 is 1.43 bits per heavy atom. The highest BCUT2D eigenvalue weighted by Gasteiger charge is 1.99. The number of hydrogen-bond donors (Lipinski definition) is 2. The fraction of sp³-hybridized carbons (Fsp3) is 0.700. The van der Waals surface area contributed by atoms with Gasteiger partial charge in [0.1, 0.15) is 0 Å². The zero-order chi connectivity index (χ0) is 11.0. The molecule has 0 spiro atoms. The Balaban J connectivity index is 3.64. The minimum atomic E-state index is -0.875. The Hall–Kier alpha value is -1.03. The van der Waals surface area contributed by atoms with Crippen LogP contribution in [0.25, 0.3) is 0 Å². The predicted octanol–water partition coefficient (Wildman–Crippen LogP) is 0.906. The van der Waals surface area contributed by atoms with E-state index in [1.807, 2.05) is 0 Å². The van der Waals surface area contributed by atoms with Crippen molar-refractivity contribution in [2.24, 2.45) is 0 Å². The number of carboxylic acids is 1. The lowest BCUT2D eigenvalue weighted by Crippen LogP contribution is -2.30. The molecule has 4 heteroatoms. The second-order valence-corrected chi connectivity index (χ2v) is 3.11. The Bertz CT molecular complexity index is 198. The summed E-state index contributed by atoms with van der Waals surface area (Å²) in [6.45, 7) is 9.58. The number of carbonyl (C=O) groups is 1. The quantitative estimate of drug-likeness (QED) is 0.474. The van der Waals surface area contributed by atoms with Crippen LogP contribution < -0.4 is 5.32 Å². The molecule has 0 aromatic carbocycles. The van der Waals surface area contributed by atoms with Crippen molar-refractivity contribution in [3.8, 4) is 0 Å². The Labute approximate surface area is 85.6 Å². The van der Waals surface area contributed by atoms with Crippen LogP contribution in [0.4, 0.5) is 0 Å². The van der Waals surface area contributed by atoms with Crippen molar-refractivity contribution in [2.45, 2.75) is 20.8 Å². The maximum absolute atomic E-state index is 10.4. The molecule has 0 rings (SSSR count). The van der Waals surface area contributed by atoms with Gasteiger partial charge in [0.25, 0.3) is 0 Å². The monoisotopic (exact) mass is 200 g/mol. The van der Waals surface area contributed by atoms with Gasteiger partial charge in [-0.15, -0.1) is 0 Å². The fourth-order valence-corrected chi connectivity index (χ4v) is 1.05. The molecular formula is C10H20N2O2. The van der Waals surface area contributed by atoms with Crippen LogP contribution in [0.3, 0.4) is 0 Å². The average molecular weight is 200 g/mol. The highest BCUT2D eigenvalue weighted by atomic mass is 16.4. The highest BCUT2D eigenvalue weighted by molar-refractivity contribution is 5.85. The summed E-state index contributed by atoms with van der Waals surface area (Å²) in [5.74, 6) is -0.875. The van der Waals surface area contributed by atoms with E-state index in [1.165, 1.54) is 0 Å². The molecular weight excluding hydrogens is 180 g/mol. The van der Waals surface area contributed by atoms with Crippen molar-refractivity contribution in [3.63, 3.8) is 0 Å². The molecule has 0 aliphatic carbocycles. The summed E-state index contributed by atoms with van der Waals surface area (Å²) >= 11 is 0. The van der Waals surface area contributed by atoms with Crippen molar-refractivity contribution < 1.29 is 9.90 Å². The number of nitrogens with zero attached hydrogens (tertiary/aromatic N) is 1. The van der Waals surface area contributed by atoms with Crippen LogP contribution in [0.15, 0.2) is 11.8 Å². The molecule has 0 aliphatic heterocycles. The van der Waals surface area contributed by atoms with Gasteiger partial charge in [-0.25, -0.2) is 4.79 Å². The molecule has 0 radical (unpaired) electrons. The van der Waals surface area contributed by atoms with E-state index >= 15 is 0 Å². The van der Waals surface area contributed by atoms with Gasteiger partial charge in [0, 0.05) is 24.9 Å². The first-order valence-electron chi connectivity index (χ1n) is 4.97. The minimum absolute atomic E-state index is 0.338. The van der Waals surface area contributed by atoms with Crippen LogP contribution in [-0.4, -0.2) is 42.2 Å². The molecule has 0 aliphatic rings. The van der Waals surface area contributed by atoms with E-state index in [4.69, 9.17) is 5.11 Å². The fourth-order valence-electron chi connectivity index (χ4n) is 1.05. The molecule has 14 heavy (non-hydrogen) atoms. The summed E-state index contributed by atoms with van der Waals surface area (Å²) in [5.41, 5.74) is 0.338. The highest BCUT2D eigenvalue weighted by Crippen LogP contribution is 1.89. The van der Waals surface area contributed by atoms with E-state index in [2.05, 4.69) is 24.1 Å². The van der Waals surface area contributed by atoms with Crippen molar-refractivity contribution in [3.05, 3.63) is 11.8 Å². The third-order valence-corrected chi connectivity index (χ3v) is 2.12. The summed E-state index contributed by atoms with van der Waals surface area (Å²) in [4.78, 5) is 12.7. The van der Waals surface area contributed by atoms with Crippen LogP contribution in [-0.2, 0) is 4.79 Å². The first kappa shape index (κ1) is 13.0. The zero-order valence-corrected chi connectivity index (χ0v) is 9.21. The molecule has 0 amide bonds. The second-order valence-electron chi connectivity index (χ2n) is 3.11. The first-order valence-corrected chi connectivity index (χ1v) is 4.97. The largest absolute Gasteiger partial charge is 0.478 e. The van der Waals surface area contributed by atoms with E-state index in [-0.39, 0.29) is 0 Å². The predicted molar refractivity (Wildman–Crippen MR) is 57.2 cm³/mol. The van der Waals surface area contributed by atoms with Crippen LogP contribution in [0.2, 0.25) is 0 Å². The van der Waals surface area contributed by atoms with E-state index < -0.39 is 5.97 Å². The van der Waals surface area contributed by atoms with Crippen molar-refractivity contribution in [2.75, 3.05) is 26.2 Å². The van der Waals surface area contributed by atoms with Crippen LogP contribution in [0.1, 0.15) is 20.8 Å². The third-order valence-electron chi connectivity index (χ3n) is 2.12. The molecule has 0 atom stereocenters. The minimum Gasteiger partial charge on any atom is -0.478 e. The molecule has 0 bridgehead atoms. The Morgan fingerprint density at radius 2 is 2.00 bits per heavy atom. The molecule has 0 aromatic rings. The number of likely N-dealkylation sites (N-methyl/N-ethyl adjacent to an activating group) is 1.